The van der Waals surface area contributed by atoms with E-state index >= 15 is 0 Å². The maximum atomic E-state index is 13.4. The number of anilines is 2. The van der Waals surface area contributed by atoms with Gasteiger partial charge in [0.05, 0.1) is 11.9 Å². The van der Waals surface area contributed by atoms with E-state index in [9.17, 15) is 9.59 Å². The highest BCUT2D eigenvalue weighted by Gasteiger charge is 2.56. The topological polar surface area (TPSA) is 67.2 Å². The van der Waals surface area contributed by atoms with Crippen LogP contribution in [0, 0.1) is 6.92 Å². The zero-order valence-electron chi connectivity index (χ0n) is 15.1. The number of benzene rings is 2. The van der Waals surface area contributed by atoms with E-state index in [0.29, 0.717) is 5.82 Å². The number of rotatable bonds is 1. The van der Waals surface area contributed by atoms with E-state index in [1.54, 1.807) is 22.8 Å². The second-order valence-electron chi connectivity index (χ2n) is 7.12. The van der Waals surface area contributed by atoms with Crippen molar-refractivity contribution in [1.82, 2.24) is 9.78 Å². The molecule has 27 heavy (non-hydrogen) atoms. The third-order valence-corrected chi connectivity index (χ3v) is 5.65. The van der Waals surface area contributed by atoms with Crippen LogP contribution in [0.3, 0.4) is 0 Å². The third kappa shape index (κ3) is 1.92. The Labute approximate surface area is 156 Å². The summed E-state index contributed by atoms with van der Waals surface area (Å²) >= 11 is 0. The standard InChI is InChI=1S/C21H18N4O2/c1-13-7-3-5-9-16(13)25-19-15(12-22-25)21(11-18(26)23-19)14-8-4-6-10-17(14)24(2)20(21)27/h3-10,12H,11H2,1-2H3,(H,23,26). The van der Waals surface area contributed by atoms with Crippen LogP contribution < -0.4 is 10.2 Å². The summed E-state index contributed by atoms with van der Waals surface area (Å²) in [6, 6.07) is 15.5. The molecule has 2 amide bonds. The molecule has 0 aliphatic carbocycles. The number of aromatic nitrogens is 2. The number of hydrogen-bond donors (Lipinski definition) is 1. The molecule has 0 bridgehead atoms. The highest BCUT2D eigenvalue weighted by Crippen LogP contribution is 2.51. The zero-order chi connectivity index (χ0) is 18.8. The molecule has 0 saturated carbocycles. The van der Waals surface area contributed by atoms with E-state index in [1.807, 2.05) is 55.5 Å². The van der Waals surface area contributed by atoms with Gasteiger partial charge in [0.15, 0.2) is 0 Å². The first-order valence-corrected chi connectivity index (χ1v) is 8.86. The van der Waals surface area contributed by atoms with Gasteiger partial charge in [0.2, 0.25) is 11.8 Å². The number of nitrogens with one attached hydrogen (secondary N) is 1. The Hall–Kier alpha value is -3.41. The molecule has 1 N–H and O–H groups in total. The molecule has 5 rings (SSSR count). The van der Waals surface area contributed by atoms with Crippen molar-refractivity contribution in [2.24, 2.45) is 0 Å². The number of fused-ring (bicyclic) bond motifs is 4. The lowest BCUT2D eigenvalue weighted by molar-refractivity contribution is -0.126. The van der Waals surface area contributed by atoms with E-state index in [0.717, 1.165) is 28.1 Å². The number of nitrogens with zero attached hydrogens (tertiary/aromatic N) is 3. The number of carbonyl (C=O) groups is 2. The fourth-order valence-electron chi connectivity index (χ4n) is 4.35. The fourth-order valence-corrected chi connectivity index (χ4v) is 4.35. The summed E-state index contributed by atoms with van der Waals surface area (Å²) in [4.78, 5) is 27.7. The summed E-state index contributed by atoms with van der Waals surface area (Å²) in [5.74, 6) is 0.291. The van der Waals surface area contributed by atoms with Crippen molar-refractivity contribution in [3.63, 3.8) is 0 Å². The van der Waals surface area contributed by atoms with Gasteiger partial charge in [-0.05, 0) is 30.2 Å². The monoisotopic (exact) mass is 358 g/mol. The molecule has 1 aromatic heterocycles. The predicted molar refractivity (Wildman–Crippen MR) is 102 cm³/mol. The molecule has 0 fully saturated rings. The van der Waals surface area contributed by atoms with Gasteiger partial charge in [-0.3, -0.25) is 9.59 Å². The van der Waals surface area contributed by atoms with Crippen LogP contribution in [0.5, 0.6) is 0 Å². The maximum Gasteiger partial charge on any atom is 0.242 e. The van der Waals surface area contributed by atoms with E-state index in [2.05, 4.69) is 10.4 Å². The highest BCUT2D eigenvalue weighted by atomic mass is 16.2. The molecular formula is C21H18N4O2. The molecular weight excluding hydrogens is 340 g/mol. The molecule has 3 heterocycles. The first kappa shape index (κ1) is 15.8. The van der Waals surface area contributed by atoms with E-state index in [4.69, 9.17) is 0 Å². The minimum atomic E-state index is -1.02. The third-order valence-electron chi connectivity index (χ3n) is 5.65. The van der Waals surface area contributed by atoms with Gasteiger partial charge in [-0.15, -0.1) is 0 Å². The zero-order valence-corrected chi connectivity index (χ0v) is 15.1. The van der Waals surface area contributed by atoms with Crippen molar-refractivity contribution in [1.29, 1.82) is 0 Å². The van der Waals surface area contributed by atoms with E-state index in [1.165, 1.54) is 0 Å². The molecule has 2 aromatic carbocycles. The number of para-hydroxylation sites is 2. The molecule has 6 nitrogen and oxygen atoms in total. The Morgan fingerprint density at radius 2 is 1.70 bits per heavy atom. The lowest BCUT2D eigenvalue weighted by Crippen LogP contribution is -2.45. The highest BCUT2D eigenvalue weighted by molar-refractivity contribution is 6.15. The predicted octanol–water partition coefficient (Wildman–Crippen LogP) is 2.79. The van der Waals surface area contributed by atoms with Crippen molar-refractivity contribution in [2.45, 2.75) is 18.8 Å². The molecule has 0 saturated heterocycles. The summed E-state index contributed by atoms with van der Waals surface area (Å²) in [5, 5.41) is 7.49. The molecule has 134 valence electrons. The van der Waals surface area contributed by atoms with Crippen LogP contribution >= 0.6 is 0 Å². The van der Waals surface area contributed by atoms with Gasteiger partial charge in [0, 0.05) is 24.7 Å². The molecule has 2 aliphatic heterocycles. The Morgan fingerprint density at radius 1 is 1.00 bits per heavy atom. The minimum Gasteiger partial charge on any atom is -0.314 e. The van der Waals surface area contributed by atoms with Crippen LogP contribution in [0.4, 0.5) is 11.5 Å². The van der Waals surface area contributed by atoms with E-state index < -0.39 is 5.41 Å². The molecule has 2 aliphatic rings. The van der Waals surface area contributed by atoms with Crippen LogP contribution in [-0.4, -0.2) is 28.6 Å². The Balaban J connectivity index is 1.80. The van der Waals surface area contributed by atoms with Crippen molar-refractivity contribution in [2.75, 3.05) is 17.3 Å². The van der Waals surface area contributed by atoms with Gasteiger partial charge in [0.25, 0.3) is 0 Å². The quantitative estimate of drug-likeness (QED) is 0.727. The SMILES string of the molecule is Cc1ccccc1-n1ncc2c1NC(=O)CC21C(=O)N(C)c2ccccc21. The van der Waals surface area contributed by atoms with Crippen LogP contribution in [0.25, 0.3) is 5.69 Å². The van der Waals surface area contributed by atoms with Crippen molar-refractivity contribution < 1.29 is 9.59 Å². The lowest BCUT2D eigenvalue weighted by atomic mass is 9.72. The van der Waals surface area contributed by atoms with Crippen LogP contribution in [0.15, 0.2) is 54.7 Å². The maximum absolute atomic E-state index is 13.4. The fraction of sp³-hybridized carbons (Fsp3) is 0.190. The first-order valence-electron chi connectivity index (χ1n) is 8.86. The minimum absolute atomic E-state index is 0.0830. The summed E-state index contributed by atoms with van der Waals surface area (Å²) in [5.41, 5.74) is 3.33. The van der Waals surface area contributed by atoms with Gasteiger partial charge in [-0.2, -0.15) is 5.10 Å². The average molecular weight is 358 g/mol. The largest absolute Gasteiger partial charge is 0.314 e. The van der Waals surface area contributed by atoms with Gasteiger partial charge in [0.1, 0.15) is 11.2 Å². The number of aryl methyl sites for hydroxylation is 1. The number of carbonyl (C=O) groups excluding carboxylic acids is 2. The smallest absolute Gasteiger partial charge is 0.242 e. The van der Waals surface area contributed by atoms with E-state index in [-0.39, 0.29) is 18.2 Å². The Morgan fingerprint density at radius 3 is 2.48 bits per heavy atom. The van der Waals surface area contributed by atoms with Crippen LogP contribution in [-0.2, 0) is 15.0 Å². The van der Waals surface area contributed by atoms with Gasteiger partial charge in [-0.25, -0.2) is 4.68 Å². The molecule has 1 unspecified atom stereocenters. The van der Waals surface area contributed by atoms with Crippen molar-refractivity contribution in [3.05, 3.63) is 71.4 Å². The molecule has 3 aromatic rings. The van der Waals surface area contributed by atoms with Gasteiger partial charge in [-0.1, -0.05) is 36.4 Å². The average Bonchev–Trinajstić information content (AvgIpc) is 3.17. The first-order chi connectivity index (χ1) is 13.0. The molecule has 1 atom stereocenters. The molecule has 1 spiro atoms. The summed E-state index contributed by atoms with van der Waals surface area (Å²) in [6.45, 7) is 1.99. The number of amides is 2. The molecule has 6 heteroatoms. The second-order valence-corrected chi connectivity index (χ2v) is 7.12. The van der Waals surface area contributed by atoms with Crippen LogP contribution in [0.2, 0.25) is 0 Å². The number of hydrogen-bond acceptors (Lipinski definition) is 3. The lowest BCUT2D eigenvalue weighted by Gasteiger charge is -2.32. The van der Waals surface area contributed by atoms with Crippen molar-refractivity contribution in [3.8, 4) is 5.69 Å². The Kier molecular flexibility index (Phi) is 3.10. The van der Waals surface area contributed by atoms with Gasteiger partial charge >= 0.3 is 0 Å². The summed E-state index contributed by atoms with van der Waals surface area (Å²) < 4.78 is 1.72. The van der Waals surface area contributed by atoms with Crippen LogP contribution in [0.1, 0.15) is 23.1 Å². The normalized spacial score (nSPS) is 20.6. The number of likely N-dealkylation sites (N-methyl/N-ethyl adjacent to an activating group) is 1. The van der Waals surface area contributed by atoms with Crippen molar-refractivity contribution >= 4 is 23.3 Å². The summed E-state index contributed by atoms with van der Waals surface area (Å²) in [7, 11) is 1.76. The molecule has 0 radical (unpaired) electrons. The second kappa shape index (κ2) is 5.30. The van der Waals surface area contributed by atoms with Gasteiger partial charge < -0.3 is 10.2 Å². The summed E-state index contributed by atoms with van der Waals surface area (Å²) in [6.07, 6.45) is 1.80. The Bertz CT molecular complexity index is 1120.